The van der Waals surface area contributed by atoms with Gasteiger partial charge in [0.25, 0.3) is 0 Å². The van der Waals surface area contributed by atoms with Crippen LogP contribution in [0.25, 0.3) is 0 Å². The Morgan fingerprint density at radius 2 is 1.92 bits per heavy atom. The van der Waals surface area contributed by atoms with Gasteiger partial charge in [-0.1, -0.05) is 18.2 Å². The molecular weight excluding hydrogens is 310 g/mol. The van der Waals surface area contributed by atoms with Crippen LogP contribution in [0.3, 0.4) is 0 Å². The van der Waals surface area contributed by atoms with Gasteiger partial charge in [0.2, 0.25) is 5.75 Å². The van der Waals surface area contributed by atoms with Gasteiger partial charge in [0.05, 0.1) is 29.5 Å². The van der Waals surface area contributed by atoms with Crippen LogP contribution in [0.4, 0.5) is 17.1 Å². The fourth-order valence-electron chi connectivity index (χ4n) is 2.58. The molecule has 0 atom stereocenters. The lowest BCUT2D eigenvalue weighted by Gasteiger charge is -2.29. The van der Waals surface area contributed by atoms with Crippen LogP contribution in [-0.4, -0.2) is 42.5 Å². The molecule has 1 aliphatic heterocycles. The number of nitro benzene ring substituents is 1. The van der Waals surface area contributed by atoms with E-state index in [9.17, 15) is 15.2 Å². The third kappa shape index (κ3) is 3.36. The standard InChI is InChI=1S/C17H17N3O4/c21-17-13(4-3-7-16(17)20(22)23)12-18-14-5-1-2-6-15(14)19-8-10-24-11-9-19/h1-7,12,21H,8-11H2. The van der Waals surface area contributed by atoms with Gasteiger partial charge in [-0.05, 0) is 18.2 Å². The summed E-state index contributed by atoms with van der Waals surface area (Å²) in [5.41, 5.74) is 1.69. The van der Waals surface area contributed by atoms with Gasteiger partial charge in [-0.15, -0.1) is 0 Å². The molecule has 0 unspecified atom stereocenters. The van der Waals surface area contributed by atoms with E-state index in [-0.39, 0.29) is 11.4 Å². The number of hydrogen-bond donors (Lipinski definition) is 1. The van der Waals surface area contributed by atoms with Crippen molar-refractivity contribution in [3.05, 3.63) is 58.1 Å². The molecule has 1 heterocycles. The minimum Gasteiger partial charge on any atom is -0.502 e. The Hall–Kier alpha value is -2.93. The van der Waals surface area contributed by atoms with E-state index in [0.29, 0.717) is 18.8 Å². The van der Waals surface area contributed by atoms with Crippen molar-refractivity contribution in [1.29, 1.82) is 0 Å². The Kier molecular flexibility index (Phi) is 4.72. The molecule has 7 nitrogen and oxygen atoms in total. The summed E-state index contributed by atoms with van der Waals surface area (Å²) in [6.45, 7) is 2.91. The lowest BCUT2D eigenvalue weighted by atomic mass is 10.2. The molecule has 7 heteroatoms. The first-order valence-electron chi connectivity index (χ1n) is 7.59. The van der Waals surface area contributed by atoms with Gasteiger partial charge in [0.1, 0.15) is 0 Å². The summed E-state index contributed by atoms with van der Waals surface area (Å²) < 4.78 is 5.36. The maximum absolute atomic E-state index is 10.9. The molecule has 0 radical (unpaired) electrons. The van der Waals surface area contributed by atoms with Crippen LogP contribution >= 0.6 is 0 Å². The largest absolute Gasteiger partial charge is 0.502 e. The molecular formula is C17H17N3O4. The number of morpholine rings is 1. The molecule has 1 N–H and O–H groups in total. The normalized spacial score (nSPS) is 14.9. The van der Waals surface area contributed by atoms with Crippen molar-refractivity contribution in [2.75, 3.05) is 31.2 Å². The lowest BCUT2D eigenvalue weighted by Crippen LogP contribution is -2.36. The van der Waals surface area contributed by atoms with E-state index in [1.54, 1.807) is 6.07 Å². The zero-order valence-corrected chi connectivity index (χ0v) is 13.0. The molecule has 0 spiro atoms. The summed E-state index contributed by atoms with van der Waals surface area (Å²) in [6.07, 6.45) is 1.45. The highest BCUT2D eigenvalue weighted by Gasteiger charge is 2.16. The molecule has 124 valence electrons. The molecule has 1 saturated heterocycles. The second-order valence-corrected chi connectivity index (χ2v) is 5.32. The van der Waals surface area contributed by atoms with Crippen LogP contribution in [0.1, 0.15) is 5.56 Å². The van der Waals surface area contributed by atoms with Gasteiger partial charge >= 0.3 is 5.69 Å². The van der Waals surface area contributed by atoms with Crippen LogP contribution in [0.15, 0.2) is 47.5 Å². The van der Waals surface area contributed by atoms with Gasteiger partial charge in [-0.3, -0.25) is 15.1 Å². The summed E-state index contributed by atoms with van der Waals surface area (Å²) in [5, 5.41) is 20.9. The summed E-state index contributed by atoms with van der Waals surface area (Å²) in [4.78, 5) is 16.9. The second-order valence-electron chi connectivity index (χ2n) is 5.32. The van der Waals surface area contributed by atoms with E-state index in [0.717, 1.165) is 24.5 Å². The molecule has 2 aromatic carbocycles. The maximum Gasteiger partial charge on any atom is 0.311 e. The third-order valence-corrected chi connectivity index (χ3v) is 3.82. The first kappa shape index (κ1) is 15.9. The fraction of sp³-hybridized carbons (Fsp3) is 0.235. The summed E-state index contributed by atoms with van der Waals surface area (Å²) in [7, 11) is 0. The Balaban J connectivity index is 1.90. The number of aromatic hydroxyl groups is 1. The van der Waals surface area contributed by atoms with Crippen LogP contribution in [0.5, 0.6) is 5.75 Å². The molecule has 1 aliphatic rings. The first-order chi connectivity index (χ1) is 11.7. The van der Waals surface area contributed by atoms with Crippen LogP contribution < -0.4 is 4.90 Å². The van der Waals surface area contributed by atoms with E-state index in [1.165, 1.54) is 18.3 Å². The quantitative estimate of drug-likeness (QED) is 0.530. The highest BCUT2D eigenvalue weighted by atomic mass is 16.6. The van der Waals surface area contributed by atoms with E-state index in [4.69, 9.17) is 4.74 Å². The predicted molar refractivity (Wildman–Crippen MR) is 91.5 cm³/mol. The molecule has 0 bridgehead atoms. The van der Waals surface area contributed by atoms with Gasteiger partial charge in [-0.25, -0.2) is 0 Å². The van der Waals surface area contributed by atoms with Crippen molar-refractivity contribution >= 4 is 23.3 Å². The van der Waals surface area contributed by atoms with Gasteiger partial charge in [-0.2, -0.15) is 0 Å². The van der Waals surface area contributed by atoms with E-state index in [1.807, 2.05) is 24.3 Å². The molecule has 0 amide bonds. The average molecular weight is 327 g/mol. The Morgan fingerprint density at radius 1 is 1.17 bits per heavy atom. The van der Waals surface area contributed by atoms with Crippen LogP contribution in [-0.2, 0) is 4.74 Å². The summed E-state index contributed by atoms with van der Waals surface area (Å²) in [6, 6.07) is 12.0. The van der Waals surface area contributed by atoms with Crippen molar-refractivity contribution < 1.29 is 14.8 Å². The minimum absolute atomic E-state index is 0.306. The third-order valence-electron chi connectivity index (χ3n) is 3.82. The molecule has 24 heavy (non-hydrogen) atoms. The number of hydrogen-bond acceptors (Lipinski definition) is 6. The monoisotopic (exact) mass is 327 g/mol. The number of ether oxygens (including phenoxy) is 1. The molecule has 0 aliphatic carbocycles. The zero-order chi connectivity index (χ0) is 16.9. The summed E-state index contributed by atoms with van der Waals surface area (Å²) in [5.74, 6) is -0.380. The predicted octanol–water partition coefficient (Wildman–Crippen LogP) is 2.89. The zero-order valence-electron chi connectivity index (χ0n) is 13.0. The molecule has 2 aromatic rings. The SMILES string of the molecule is O=[N+]([O-])c1cccc(C=Nc2ccccc2N2CCOCC2)c1O. The number of nitrogens with zero attached hydrogens (tertiary/aromatic N) is 3. The van der Waals surface area contributed by atoms with Crippen LogP contribution in [0.2, 0.25) is 0 Å². The van der Waals surface area contributed by atoms with Crippen molar-refractivity contribution in [1.82, 2.24) is 0 Å². The van der Waals surface area contributed by atoms with E-state index in [2.05, 4.69) is 9.89 Å². The van der Waals surface area contributed by atoms with Gasteiger partial charge in [0.15, 0.2) is 0 Å². The number of rotatable bonds is 4. The van der Waals surface area contributed by atoms with Crippen molar-refractivity contribution in [3.63, 3.8) is 0 Å². The van der Waals surface area contributed by atoms with Crippen LogP contribution in [0, 0.1) is 10.1 Å². The second kappa shape index (κ2) is 7.10. The summed E-state index contributed by atoms with van der Waals surface area (Å²) >= 11 is 0. The van der Waals surface area contributed by atoms with Gasteiger partial charge in [0, 0.05) is 30.9 Å². The molecule has 3 rings (SSSR count). The van der Waals surface area contributed by atoms with Crippen molar-refractivity contribution in [2.24, 2.45) is 4.99 Å². The van der Waals surface area contributed by atoms with Gasteiger partial charge < -0.3 is 14.7 Å². The Morgan fingerprint density at radius 3 is 2.67 bits per heavy atom. The fourth-order valence-corrected chi connectivity index (χ4v) is 2.58. The Bertz CT molecular complexity index is 770. The Labute approximate surface area is 139 Å². The number of nitro groups is 1. The number of anilines is 1. The smallest absolute Gasteiger partial charge is 0.311 e. The first-order valence-corrected chi connectivity index (χ1v) is 7.59. The highest BCUT2D eigenvalue weighted by Crippen LogP contribution is 2.31. The highest BCUT2D eigenvalue weighted by molar-refractivity contribution is 5.88. The number of benzene rings is 2. The topological polar surface area (TPSA) is 88.2 Å². The number of phenolic OH excluding ortho intramolecular Hbond substituents is 1. The molecule has 0 saturated carbocycles. The number of phenols is 1. The van der Waals surface area contributed by atoms with E-state index >= 15 is 0 Å². The minimum atomic E-state index is -0.617. The van der Waals surface area contributed by atoms with E-state index < -0.39 is 4.92 Å². The lowest BCUT2D eigenvalue weighted by molar-refractivity contribution is -0.385. The van der Waals surface area contributed by atoms with Crippen molar-refractivity contribution in [3.8, 4) is 5.75 Å². The maximum atomic E-state index is 10.9. The van der Waals surface area contributed by atoms with Crippen molar-refractivity contribution in [2.45, 2.75) is 0 Å². The molecule has 0 aromatic heterocycles. The average Bonchev–Trinajstić information content (AvgIpc) is 2.61. The number of aliphatic imine (C=N–C) groups is 1. The number of para-hydroxylation sites is 3. The molecule has 1 fully saturated rings.